The van der Waals surface area contributed by atoms with E-state index >= 15 is 0 Å². The van der Waals surface area contributed by atoms with Crippen LogP contribution in [0.2, 0.25) is 0 Å². The normalized spacial score (nSPS) is 23.4. The van der Waals surface area contributed by atoms with E-state index in [-0.39, 0.29) is 0 Å². The van der Waals surface area contributed by atoms with Gasteiger partial charge in [-0.05, 0) is 23.1 Å². The maximum absolute atomic E-state index is 3.63. The predicted octanol–water partition coefficient (Wildman–Crippen LogP) is 5.38. The molecular weight excluding hydrogens is 274 g/mol. The first-order valence-electron chi connectivity index (χ1n) is 7.42. The number of hydrogen-bond acceptors (Lipinski definition) is 1. The Kier molecular flexibility index (Phi) is 2.25. The summed E-state index contributed by atoms with van der Waals surface area (Å²) in [5.74, 6) is 0.599. The van der Waals surface area contributed by atoms with E-state index in [0.717, 1.165) is 0 Å². The van der Waals surface area contributed by atoms with Gasteiger partial charge in [0.25, 0.3) is 0 Å². The fourth-order valence-electron chi connectivity index (χ4n) is 3.60. The first-order valence-corrected chi connectivity index (χ1v) is 8.30. The van der Waals surface area contributed by atoms with Crippen LogP contribution in [0, 0.1) is 5.92 Å². The zero-order chi connectivity index (χ0) is 14.0. The molecule has 0 spiro atoms. The highest BCUT2D eigenvalue weighted by Gasteiger charge is 2.33. The van der Waals surface area contributed by atoms with Crippen molar-refractivity contribution in [3.8, 4) is 0 Å². The largest absolute Gasteiger partial charge is 0.354 e. The molecule has 5 rings (SSSR count). The molecule has 0 bridgehead atoms. The molecule has 0 saturated heterocycles. The maximum Gasteiger partial charge on any atom is 0.0609 e. The number of fused-ring (bicyclic) bond motifs is 7. The third-order valence-corrected chi connectivity index (χ3v) is 6.26. The highest BCUT2D eigenvalue weighted by atomic mass is 32.2. The number of H-pyrrole nitrogens is 1. The Morgan fingerprint density at radius 1 is 1.05 bits per heavy atom. The van der Waals surface area contributed by atoms with Crippen molar-refractivity contribution < 1.29 is 0 Å². The third-order valence-electron chi connectivity index (χ3n) is 4.66. The molecule has 1 aliphatic heterocycles. The van der Waals surface area contributed by atoms with Crippen molar-refractivity contribution in [2.45, 2.75) is 17.1 Å². The van der Waals surface area contributed by atoms with Crippen molar-refractivity contribution >= 4 is 39.1 Å². The van der Waals surface area contributed by atoms with Gasteiger partial charge in [-0.25, -0.2) is 0 Å². The number of rotatable bonds is 0. The summed E-state index contributed by atoms with van der Waals surface area (Å²) in [6.45, 7) is 2.31. The summed E-state index contributed by atoms with van der Waals surface area (Å²) in [5, 5.41) is 3.24. The zero-order valence-corrected chi connectivity index (χ0v) is 12.6. The zero-order valence-electron chi connectivity index (χ0n) is 11.8. The van der Waals surface area contributed by atoms with E-state index < -0.39 is 0 Å². The lowest BCUT2D eigenvalue weighted by molar-refractivity contribution is 0.769. The second-order valence-corrected chi connectivity index (χ2v) is 7.09. The van der Waals surface area contributed by atoms with Crippen LogP contribution in [0.15, 0.2) is 59.5 Å². The van der Waals surface area contributed by atoms with Gasteiger partial charge in [0, 0.05) is 26.4 Å². The number of para-hydroxylation sites is 1. The van der Waals surface area contributed by atoms with Crippen molar-refractivity contribution in [1.29, 1.82) is 0 Å². The Bertz CT molecular complexity index is 945. The van der Waals surface area contributed by atoms with Crippen LogP contribution in [0.4, 0.5) is 0 Å². The fourth-order valence-corrected chi connectivity index (χ4v) is 5.08. The van der Waals surface area contributed by atoms with Gasteiger partial charge in [0.05, 0.1) is 5.52 Å². The number of hydrogen-bond donors (Lipinski definition) is 1. The monoisotopic (exact) mass is 289 g/mol. The molecule has 2 unspecified atom stereocenters. The van der Waals surface area contributed by atoms with Crippen LogP contribution in [0.5, 0.6) is 0 Å². The summed E-state index contributed by atoms with van der Waals surface area (Å²) in [6.07, 6.45) is 6.81. The SMILES string of the molecule is CC1C=CC=C2c3ccc4c([nH]c5ccccc54)c3SC21. The Hall–Kier alpha value is -1.93. The van der Waals surface area contributed by atoms with Gasteiger partial charge >= 0.3 is 0 Å². The summed E-state index contributed by atoms with van der Waals surface area (Å²) in [5.41, 5.74) is 5.45. The molecule has 102 valence electrons. The van der Waals surface area contributed by atoms with Gasteiger partial charge in [0.15, 0.2) is 0 Å². The molecular formula is C19H15NS. The van der Waals surface area contributed by atoms with Crippen LogP contribution in [0.25, 0.3) is 27.4 Å². The molecule has 2 aliphatic rings. The lowest BCUT2D eigenvalue weighted by Gasteiger charge is -2.19. The average Bonchev–Trinajstić information content (AvgIpc) is 3.06. The topological polar surface area (TPSA) is 15.8 Å². The van der Waals surface area contributed by atoms with Crippen LogP contribution in [-0.4, -0.2) is 10.2 Å². The minimum absolute atomic E-state index is 0.571. The highest BCUT2D eigenvalue weighted by Crippen LogP contribution is 2.52. The van der Waals surface area contributed by atoms with Gasteiger partial charge < -0.3 is 4.98 Å². The van der Waals surface area contributed by atoms with Crippen LogP contribution in [0.1, 0.15) is 12.5 Å². The Morgan fingerprint density at radius 2 is 1.95 bits per heavy atom. The molecule has 0 amide bonds. The number of benzene rings is 2. The van der Waals surface area contributed by atoms with Gasteiger partial charge in [-0.15, -0.1) is 11.8 Å². The molecule has 21 heavy (non-hydrogen) atoms. The highest BCUT2D eigenvalue weighted by molar-refractivity contribution is 8.01. The fraction of sp³-hybridized carbons (Fsp3) is 0.158. The first kappa shape index (κ1) is 11.7. The molecule has 2 aromatic carbocycles. The molecule has 0 radical (unpaired) electrons. The number of allylic oxidation sites excluding steroid dienone is 3. The number of aromatic amines is 1. The second-order valence-electron chi connectivity index (χ2n) is 5.94. The molecule has 1 N–H and O–H groups in total. The smallest absolute Gasteiger partial charge is 0.0609 e. The second kappa shape index (κ2) is 4.05. The van der Waals surface area contributed by atoms with E-state index in [1.54, 1.807) is 0 Å². The van der Waals surface area contributed by atoms with Gasteiger partial charge in [-0.1, -0.05) is 55.5 Å². The van der Waals surface area contributed by atoms with Gasteiger partial charge in [-0.2, -0.15) is 0 Å². The molecule has 2 heteroatoms. The summed E-state index contributed by atoms with van der Waals surface area (Å²) >= 11 is 2.02. The lowest BCUT2D eigenvalue weighted by Crippen LogP contribution is -2.12. The number of aromatic nitrogens is 1. The summed E-state index contributed by atoms with van der Waals surface area (Å²) in [7, 11) is 0. The molecule has 0 saturated carbocycles. The van der Waals surface area contributed by atoms with Crippen molar-refractivity contribution in [3.63, 3.8) is 0 Å². The Labute approximate surface area is 127 Å². The molecule has 3 aromatic rings. The molecule has 1 aromatic heterocycles. The minimum atomic E-state index is 0.571. The van der Waals surface area contributed by atoms with E-state index in [9.17, 15) is 0 Å². The van der Waals surface area contributed by atoms with Gasteiger partial charge in [0.2, 0.25) is 0 Å². The quantitative estimate of drug-likeness (QED) is 0.587. The third kappa shape index (κ3) is 1.48. The predicted molar refractivity (Wildman–Crippen MR) is 91.7 cm³/mol. The van der Waals surface area contributed by atoms with Gasteiger partial charge in [-0.3, -0.25) is 0 Å². The van der Waals surface area contributed by atoms with Crippen LogP contribution in [0.3, 0.4) is 0 Å². The number of thioether (sulfide) groups is 1. The van der Waals surface area contributed by atoms with E-state index in [1.807, 2.05) is 11.8 Å². The van der Waals surface area contributed by atoms with Crippen molar-refractivity contribution in [3.05, 3.63) is 60.2 Å². The summed E-state index contributed by atoms with van der Waals surface area (Å²) < 4.78 is 0. The molecule has 1 nitrogen and oxygen atoms in total. The summed E-state index contributed by atoms with van der Waals surface area (Å²) in [4.78, 5) is 5.06. The number of nitrogens with one attached hydrogen (secondary N) is 1. The van der Waals surface area contributed by atoms with Crippen LogP contribution < -0.4 is 0 Å². The Balaban J connectivity index is 1.85. The van der Waals surface area contributed by atoms with E-state index in [0.29, 0.717) is 11.2 Å². The molecule has 2 heterocycles. The van der Waals surface area contributed by atoms with E-state index in [1.165, 1.54) is 37.8 Å². The van der Waals surface area contributed by atoms with Crippen LogP contribution >= 0.6 is 11.8 Å². The maximum atomic E-state index is 3.63. The molecule has 0 fully saturated rings. The lowest BCUT2D eigenvalue weighted by atomic mass is 9.90. The van der Waals surface area contributed by atoms with Gasteiger partial charge in [0.1, 0.15) is 0 Å². The molecule has 2 atom stereocenters. The van der Waals surface area contributed by atoms with Crippen LogP contribution in [-0.2, 0) is 0 Å². The van der Waals surface area contributed by atoms with Crippen molar-refractivity contribution in [2.75, 3.05) is 0 Å². The van der Waals surface area contributed by atoms with E-state index in [4.69, 9.17) is 0 Å². The molecule has 1 aliphatic carbocycles. The Morgan fingerprint density at radius 3 is 2.90 bits per heavy atom. The minimum Gasteiger partial charge on any atom is -0.354 e. The standard InChI is InChI=1S/C19H15NS/c1-11-5-4-7-14-15-10-9-13-12-6-2-3-8-16(12)20-17(13)19(15)21-18(11)14/h2-11,18,20H,1H3. The van der Waals surface area contributed by atoms with E-state index in [2.05, 4.69) is 66.5 Å². The van der Waals surface area contributed by atoms with Crippen molar-refractivity contribution in [1.82, 2.24) is 4.98 Å². The van der Waals surface area contributed by atoms with Crippen molar-refractivity contribution in [2.24, 2.45) is 5.92 Å². The summed E-state index contributed by atoms with van der Waals surface area (Å²) in [6, 6.07) is 13.2. The average molecular weight is 289 g/mol. The first-order chi connectivity index (χ1) is 10.3.